The summed E-state index contributed by atoms with van der Waals surface area (Å²) in [7, 11) is 1.69. The molecule has 3 nitrogen and oxygen atoms in total. The average Bonchev–Trinajstić information content (AvgIpc) is 2.90. The minimum atomic E-state index is 0.625. The molecule has 3 rings (SSSR count). The lowest BCUT2D eigenvalue weighted by molar-refractivity contribution is 0.415. The van der Waals surface area contributed by atoms with Gasteiger partial charge in [0.2, 0.25) is 0 Å². The molecule has 0 aliphatic heterocycles. The van der Waals surface area contributed by atoms with Gasteiger partial charge in [-0.1, -0.05) is 31.4 Å². The van der Waals surface area contributed by atoms with Crippen molar-refractivity contribution in [2.24, 2.45) is 0 Å². The summed E-state index contributed by atoms with van der Waals surface area (Å²) in [5, 5.41) is 0.670. The maximum Gasteiger partial charge on any atom is 0.180 e. The molecule has 1 aliphatic carbocycles. The number of ether oxygens (including phenoxy) is 1. The van der Waals surface area contributed by atoms with Crippen LogP contribution in [0.5, 0.6) is 5.75 Å². The van der Waals surface area contributed by atoms with Crippen LogP contribution in [0.3, 0.4) is 0 Å². The molecule has 106 valence electrons. The van der Waals surface area contributed by atoms with Crippen LogP contribution in [0, 0.1) is 0 Å². The Bertz CT molecular complexity index is 588. The second kappa shape index (κ2) is 5.83. The summed E-state index contributed by atoms with van der Waals surface area (Å²) in [5.74, 6) is 1.49. The van der Waals surface area contributed by atoms with Crippen LogP contribution in [-0.4, -0.2) is 12.1 Å². The Morgan fingerprint density at radius 1 is 1.25 bits per heavy atom. The Hall–Kier alpha value is -1.55. The minimum absolute atomic E-state index is 0.625. The molecule has 1 saturated carbocycles. The quantitative estimate of drug-likeness (QED) is 0.907. The first-order valence-corrected chi connectivity index (χ1v) is 8.00. The highest BCUT2D eigenvalue weighted by atomic mass is 32.1. The SMILES string of the molecule is COc1cccc(-c2nc(N)sc2C2CCCCC2)c1. The minimum Gasteiger partial charge on any atom is -0.497 e. The molecular weight excluding hydrogens is 268 g/mol. The number of nitrogens with two attached hydrogens (primary N) is 1. The van der Waals surface area contributed by atoms with Crippen LogP contribution in [0.1, 0.15) is 42.9 Å². The number of hydrogen-bond acceptors (Lipinski definition) is 4. The third-order valence-electron chi connectivity index (χ3n) is 3.99. The standard InChI is InChI=1S/C16H20N2OS/c1-19-13-9-5-8-12(10-13)14-15(20-16(17)18-14)11-6-3-2-4-7-11/h5,8-11H,2-4,6-7H2,1H3,(H2,17,18). The van der Waals surface area contributed by atoms with Crippen molar-refractivity contribution in [3.05, 3.63) is 29.1 Å². The zero-order chi connectivity index (χ0) is 13.9. The zero-order valence-electron chi connectivity index (χ0n) is 11.8. The van der Waals surface area contributed by atoms with Crippen LogP contribution < -0.4 is 10.5 Å². The lowest BCUT2D eigenvalue weighted by atomic mass is 9.87. The van der Waals surface area contributed by atoms with Crippen molar-refractivity contribution >= 4 is 16.5 Å². The molecule has 0 unspecified atom stereocenters. The van der Waals surface area contributed by atoms with Crippen molar-refractivity contribution < 1.29 is 4.74 Å². The van der Waals surface area contributed by atoms with Gasteiger partial charge in [-0.3, -0.25) is 0 Å². The fourth-order valence-corrected chi connectivity index (χ4v) is 3.99. The number of hydrogen-bond donors (Lipinski definition) is 1. The van der Waals surface area contributed by atoms with Crippen molar-refractivity contribution in [2.45, 2.75) is 38.0 Å². The van der Waals surface area contributed by atoms with Crippen LogP contribution >= 0.6 is 11.3 Å². The van der Waals surface area contributed by atoms with Gasteiger partial charge in [0.25, 0.3) is 0 Å². The summed E-state index contributed by atoms with van der Waals surface area (Å²) in [5.41, 5.74) is 8.13. The van der Waals surface area contributed by atoms with Gasteiger partial charge in [-0.25, -0.2) is 4.98 Å². The fourth-order valence-electron chi connectivity index (χ4n) is 2.97. The Labute approximate surface area is 123 Å². The largest absolute Gasteiger partial charge is 0.497 e. The number of nitrogens with zero attached hydrogens (tertiary/aromatic N) is 1. The van der Waals surface area contributed by atoms with Gasteiger partial charge in [0.15, 0.2) is 5.13 Å². The molecule has 4 heteroatoms. The van der Waals surface area contributed by atoms with Crippen LogP contribution in [0.25, 0.3) is 11.3 Å². The molecule has 1 fully saturated rings. The molecule has 0 bridgehead atoms. The molecule has 1 aromatic heterocycles. The first kappa shape index (κ1) is 13.4. The summed E-state index contributed by atoms with van der Waals surface area (Å²) >= 11 is 1.66. The molecule has 0 saturated heterocycles. The Morgan fingerprint density at radius 2 is 2.05 bits per heavy atom. The van der Waals surface area contributed by atoms with Gasteiger partial charge in [-0.05, 0) is 30.9 Å². The van der Waals surface area contributed by atoms with Crippen LogP contribution in [0.15, 0.2) is 24.3 Å². The molecular formula is C16H20N2OS. The van der Waals surface area contributed by atoms with Crippen molar-refractivity contribution in [1.82, 2.24) is 4.98 Å². The van der Waals surface area contributed by atoms with E-state index in [0.717, 1.165) is 17.0 Å². The fraction of sp³-hybridized carbons (Fsp3) is 0.438. The molecule has 1 heterocycles. The number of rotatable bonds is 3. The zero-order valence-corrected chi connectivity index (χ0v) is 12.6. The van der Waals surface area contributed by atoms with Crippen molar-refractivity contribution in [2.75, 3.05) is 12.8 Å². The Kier molecular flexibility index (Phi) is 3.92. The first-order valence-electron chi connectivity index (χ1n) is 7.18. The molecule has 0 atom stereocenters. The molecule has 20 heavy (non-hydrogen) atoms. The summed E-state index contributed by atoms with van der Waals surface area (Å²) in [4.78, 5) is 5.93. The third kappa shape index (κ3) is 2.66. The first-order chi connectivity index (χ1) is 9.78. The van der Waals surface area contributed by atoms with Gasteiger partial charge in [0.05, 0.1) is 12.8 Å². The highest BCUT2D eigenvalue weighted by Crippen LogP contribution is 2.42. The highest BCUT2D eigenvalue weighted by Gasteiger charge is 2.23. The maximum absolute atomic E-state index is 5.97. The van der Waals surface area contributed by atoms with E-state index in [0.29, 0.717) is 11.0 Å². The molecule has 0 radical (unpaired) electrons. The molecule has 1 aliphatic rings. The predicted octanol–water partition coefficient (Wildman–Crippen LogP) is 4.45. The van der Waals surface area contributed by atoms with E-state index in [1.165, 1.54) is 37.0 Å². The molecule has 2 N–H and O–H groups in total. The monoisotopic (exact) mass is 288 g/mol. The summed E-state index contributed by atoms with van der Waals surface area (Å²) < 4.78 is 5.31. The van der Waals surface area contributed by atoms with Gasteiger partial charge in [0.1, 0.15) is 5.75 Å². The van der Waals surface area contributed by atoms with E-state index in [4.69, 9.17) is 10.5 Å². The smallest absolute Gasteiger partial charge is 0.180 e. The summed E-state index contributed by atoms with van der Waals surface area (Å²) in [6, 6.07) is 8.10. The number of anilines is 1. The topological polar surface area (TPSA) is 48.1 Å². The van der Waals surface area contributed by atoms with Gasteiger partial charge in [-0.2, -0.15) is 0 Å². The molecule has 1 aromatic carbocycles. The number of methoxy groups -OCH3 is 1. The Morgan fingerprint density at radius 3 is 2.80 bits per heavy atom. The lowest BCUT2D eigenvalue weighted by Gasteiger charge is -2.21. The average molecular weight is 288 g/mol. The second-order valence-electron chi connectivity index (χ2n) is 5.33. The number of aromatic nitrogens is 1. The van der Waals surface area contributed by atoms with Crippen molar-refractivity contribution in [3.63, 3.8) is 0 Å². The number of thiazole rings is 1. The van der Waals surface area contributed by atoms with E-state index in [-0.39, 0.29) is 0 Å². The predicted molar refractivity (Wildman–Crippen MR) is 84.3 cm³/mol. The van der Waals surface area contributed by atoms with Gasteiger partial charge < -0.3 is 10.5 Å². The van der Waals surface area contributed by atoms with Crippen molar-refractivity contribution in [1.29, 1.82) is 0 Å². The third-order valence-corrected chi connectivity index (χ3v) is 5.04. The Balaban J connectivity index is 1.99. The van der Waals surface area contributed by atoms with Crippen molar-refractivity contribution in [3.8, 4) is 17.0 Å². The maximum atomic E-state index is 5.97. The van der Waals surface area contributed by atoms with Crippen LogP contribution in [-0.2, 0) is 0 Å². The van der Waals surface area contributed by atoms with Crippen LogP contribution in [0.4, 0.5) is 5.13 Å². The van der Waals surface area contributed by atoms with E-state index >= 15 is 0 Å². The van der Waals surface area contributed by atoms with E-state index in [1.54, 1.807) is 18.4 Å². The number of benzene rings is 1. The molecule has 0 amide bonds. The highest BCUT2D eigenvalue weighted by molar-refractivity contribution is 7.15. The van der Waals surface area contributed by atoms with Gasteiger partial charge in [-0.15, -0.1) is 11.3 Å². The number of nitrogen functional groups attached to an aromatic ring is 1. The van der Waals surface area contributed by atoms with E-state index < -0.39 is 0 Å². The second-order valence-corrected chi connectivity index (χ2v) is 6.39. The van der Waals surface area contributed by atoms with Gasteiger partial charge in [0, 0.05) is 10.4 Å². The van der Waals surface area contributed by atoms with E-state index in [9.17, 15) is 0 Å². The lowest BCUT2D eigenvalue weighted by Crippen LogP contribution is -2.04. The normalized spacial score (nSPS) is 16.2. The van der Waals surface area contributed by atoms with E-state index in [1.807, 2.05) is 18.2 Å². The molecule has 2 aromatic rings. The van der Waals surface area contributed by atoms with Crippen LogP contribution in [0.2, 0.25) is 0 Å². The summed E-state index contributed by atoms with van der Waals surface area (Å²) in [6.45, 7) is 0. The van der Waals surface area contributed by atoms with Gasteiger partial charge >= 0.3 is 0 Å². The summed E-state index contributed by atoms with van der Waals surface area (Å²) in [6.07, 6.45) is 6.52. The molecule has 0 spiro atoms. The van der Waals surface area contributed by atoms with E-state index in [2.05, 4.69) is 11.1 Å².